The number of fused-ring (bicyclic) bond motifs is 1. The Labute approximate surface area is 164 Å². The minimum Gasteiger partial charge on any atom is -0.465 e. The van der Waals surface area contributed by atoms with Crippen LogP contribution in [0.1, 0.15) is 42.9 Å². The summed E-state index contributed by atoms with van der Waals surface area (Å²) >= 11 is 1.80. The third-order valence-electron chi connectivity index (χ3n) is 6.24. The van der Waals surface area contributed by atoms with Crippen LogP contribution in [0.25, 0.3) is 10.1 Å². The number of aliphatic hydroxyl groups is 1. The van der Waals surface area contributed by atoms with Crippen molar-refractivity contribution in [1.82, 2.24) is 9.80 Å². The molecule has 0 radical (unpaired) electrons. The van der Waals surface area contributed by atoms with E-state index in [0.29, 0.717) is 13.1 Å². The molecule has 0 spiro atoms. The van der Waals surface area contributed by atoms with E-state index in [1.165, 1.54) is 26.3 Å². The van der Waals surface area contributed by atoms with Gasteiger partial charge in [-0.2, -0.15) is 0 Å². The molecule has 1 saturated carbocycles. The van der Waals surface area contributed by atoms with Gasteiger partial charge in [-0.1, -0.05) is 37.5 Å². The van der Waals surface area contributed by atoms with Crippen molar-refractivity contribution >= 4 is 27.5 Å². The molecule has 4 rings (SSSR count). The van der Waals surface area contributed by atoms with Gasteiger partial charge in [0.25, 0.3) is 0 Å². The molecule has 1 aliphatic heterocycles. The number of thiophene rings is 1. The summed E-state index contributed by atoms with van der Waals surface area (Å²) in [5.74, 6) is 0.0894. The van der Waals surface area contributed by atoms with Gasteiger partial charge in [-0.25, -0.2) is 4.79 Å². The van der Waals surface area contributed by atoms with E-state index in [4.69, 9.17) is 0 Å². The zero-order valence-electron chi connectivity index (χ0n) is 15.6. The maximum atomic E-state index is 11.6. The highest BCUT2D eigenvalue weighted by molar-refractivity contribution is 7.19. The summed E-state index contributed by atoms with van der Waals surface area (Å²) in [6.07, 6.45) is 4.28. The van der Waals surface area contributed by atoms with Crippen molar-refractivity contribution < 1.29 is 15.0 Å². The molecule has 1 amide bonds. The molecule has 2 heterocycles. The number of piperazine rings is 1. The first-order valence-electron chi connectivity index (χ1n) is 9.96. The van der Waals surface area contributed by atoms with Gasteiger partial charge >= 0.3 is 6.09 Å². The maximum Gasteiger partial charge on any atom is 0.407 e. The van der Waals surface area contributed by atoms with E-state index in [9.17, 15) is 15.0 Å². The van der Waals surface area contributed by atoms with Crippen molar-refractivity contribution in [3.8, 4) is 0 Å². The fraction of sp³-hybridized carbons (Fsp3) is 0.571. The fourth-order valence-electron chi connectivity index (χ4n) is 4.59. The molecule has 1 saturated heterocycles. The Bertz CT molecular complexity index is 759. The lowest BCUT2D eigenvalue weighted by atomic mass is 9.74. The molecule has 2 N–H and O–H groups in total. The smallest absolute Gasteiger partial charge is 0.407 e. The fourth-order valence-corrected chi connectivity index (χ4v) is 5.86. The van der Waals surface area contributed by atoms with Crippen LogP contribution in [0.4, 0.5) is 4.79 Å². The van der Waals surface area contributed by atoms with Gasteiger partial charge in [0.15, 0.2) is 0 Å². The predicted octanol–water partition coefficient (Wildman–Crippen LogP) is 3.98. The normalized spacial score (nSPS) is 22.0. The van der Waals surface area contributed by atoms with Crippen molar-refractivity contribution in [2.75, 3.05) is 32.7 Å². The van der Waals surface area contributed by atoms with Crippen LogP contribution in [0.5, 0.6) is 0 Å². The first kappa shape index (κ1) is 18.7. The lowest BCUT2D eigenvalue weighted by molar-refractivity contribution is -0.0328. The van der Waals surface area contributed by atoms with Crippen molar-refractivity contribution in [3.05, 3.63) is 35.2 Å². The number of rotatable bonds is 4. The van der Waals surface area contributed by atoms with E-state index < -0.39 is 11.7 Å². The molecule has 0 bridgehead atoms. The van der Waals surface area contributed by atoms with Crippen LogP contribution < -0.4 is 0 Å². The quantitative estimate of drug-likeness (QED) is 0.832. The standard InChI is InChI=1S/C21H28N2O3S/c24-20(25)23-12-10-22(11-13-23)15-17(21(26)8-4-1-5-9-21)19-14-16-6-2-3-7-18(16)27-19/h2-3,6-7,14,17,26H,1,4-5,8-13,15H2,(H,24,25). The second-order valence-corrected chi connectivity index (χ2v) is 9.09. The van der Waals surface area contributed by atoms with Gasteiger partial charge in [-0.3, -0.25) is 4.90 Å². The van der Waals surface area contributed by atoms with Crippen LogP contribution in [0.2, 0.25) is 0 Å². The largest absolute Gasteiger partial charge is 0.465 e. The average Bonchev–Trinajstić information content (AvgIpc) is 3.10. The highest BCUT2D eigenvalue weighted by atomic mass is 32.1. The van der Waals surface area contributed by atoms with Crippen LogP contribution in [0.15, 0.2) is 30.3 Å². The van der Waals surface area contributed by atoms with Gasteiger partial charge in [0.2, 0.25) is 0 Å². The molecule has 1 atom stereocenters. The van der Waals surface area contributed by atoms with Gasteiger partial charge in [0.1, 0.15) is 0 Å². The van der Waals surface area contributed by atoms with Crippen molar-refractivity contribution in [1.29, 1.82) is 0 Å². The van der Waals surface area contributed by atoms with E-state index in [2.05, 4.69) is 35.2 Å². The average molecular weight is 389 g/mol. The van der Waals surface area contributed by atoms with Gasteiger partial charge in [-0.15, -0.1) is 11.3 Å². The Morgan fingerprint density at radius 3 is 2.48 bits per heavy atom. The van der Waals surface area contributed by atoms with E-state index in [-0.39, 0.29) is 5.92 Å². The number of carbonyl (C=O) groups is 1. The molecule has 5 nitrogen and oxygen atoms in total. The summed E-state index contributed by atoms with van der Waals surface area (Å²) in [5, 5.41) is 22.0. The van der Waals surface area contributed by atoms with Crippen LogP contribution in [-0.2, 0) is 0 Å². The minimum atomic E-state index is -0.832. The van der Waals surface area contributed by atoms with E-state index in [1.807, 2.05) is 0 Å². The summed E-state index contributed by atoms with van der Waals surface area (Å²) in [5.41, 5.74) is -0.650. The molecule has 2 aromatic rings. The maximum absolute atomic E-state index is 11.6. The zero-order valence-corrected chi connectivity index (χ0v) is 16.5. The van der Waals surface area contributed by atoms with E-state index in [1.54, 1.807) is 11.3 Å². The van der Waals surface area contributed by atoms with Crippen LogP contribution in [0.3, 0.4) is 0 Å². The number of amides is 1. The number of nitrogens with zero attached hydrogens (tertiary/aromatic N) is 2. The molecule has 2 aliphatic rings. The Kier molecular flexibility index (Phi) is 5.39. The molecule has 6 heteroatoms. The van der Waals surface area contributed by atoms with Gasteiger partial charge in [0.05, 0.1) is 5.60 Å². The predicted molar refractivity (Wildman–Crippen MR) is 109 cm³/mol. The number of benzene rings is 1. The molecule has 1 aromatic carbocycles. The minimum absolute atomic E-state index is 0.0894. The zero-order chi connectivity index (χ0) is 18.9. The molecule has 2 fully saturated rings. The number of carboxylic acid groups (broad SMARTS) is 1. The molecule has 1 aromatic heterocycles. The third kappa shape index (κ3) is 3.98. The first-order valence-corrected chi connectivity index (χ1v) is 10.8. The van der Waals surface area contributed by atoms with Gasteiger partial charge in [0, 0.05) is 48.2 Å². The van der Waals surface area contributed by atoms with Crippen LogP contribution in [0, 0.1) is 0 Å². The lowest BCUT2D eigenvalue weighted by Crippen LogP contribution is -2.51. The first-order chi connectivity index (χ1) is 13.0. The molecule has 27 heavy (non-hydrogen) atoms. The Balaban J connectivity index is 1.57. The molecular weight excluding hydrogens is 360 g/mol. The molecule has 146 valence electrons. The van der Waals surface area contributed by atoms with Crippen molar-refractivity contribution in [3.63, 3.8) is 0 Å². The Morgan fingerprint density at radius 1 is 1.11 bits per heavy atom. The highest BCUT2D eigenvalue weighted by Crippen LogP contribution is 2.44. The molecule has 1 aliphatic carbocycles. The summed E-state index contributed by atoms with van der Waals surface area (Å²) < 4.78 is 1.27. The summed E-state index contributed by atoms with van der Waals surface area (Å²) in [6.45, 7) is 3.38. The summed E-state index contributed by atoms with van der Waals surface area (Å²) in [6, 6.07) is 10.7. The third-order valence-corrected chi connectivity index (χ3v) is 7.47. The van der Waals surface area contributed by atoms with Crippen LogP contribution >= 0.6 is 11.3 Å². The van der Waals surface area contributed by atoms with Gasteiger partial charge in [-0.05, 0) is 30.4 Å². The highest BCUT2D eigenvalue weighted by Gasteiger charge is 2.40. The second-order valence-electron chi connectivity index (χ2n) is 7.97. The number of hydrogen-bond acceptors (Lipinski definition) is 4. The summed E-state index contributed by atoms with van der Waals surface area (Å²) in [4.78, 5) is 16.3. The summed E-state index contributed by atoms with van der Waals surface area (Å²) in [7, 11) is 0. The molecular formula is C21H28N2O3S. The topological polar surface area (TPSA) is 64.0 Å². The SMILES string of the molecule is O=C(O)N1CCN(CC(c2cc3ccccc3s2)C2(O)CCCCC2)CC1. The Hall–Kier alpha value is -1.63. The van der Waals surface area contributed by atoms with E-state index >= 15 is 0 Å². The van der Waals surface area contributed by atoms with Gasteiger partial charge < -0.3 is 15.1 Å². The van der Waals surface area contributed by atoms with Crippen LogP contribution in [-0.4, -0.2) is 64.4 Å². The second kappa shape index (κ2) is 7.78. The van der Waals surface area contributed by atoms with E-state index in [0.717, 1.165) is 45.3 Å². The number of hydrogen-bond donors (Lipinski definition) is 2. The monoisotopic (exact) mass is 388 g/mol. The Morgan fingerprint density at radius 2 is 1.81 bits per heavy atom. The molecule has 1 unspecified atom stereocenters. The van der Waals surface area contributed by atoms with Crippen molar-refractivity contribution in [2.45, 2.75) is 43.6 Å². The lowest BCUT2D eigenvalue weighted by Gasteiger charge is -2.42. The van der Waals surface area contributed by atoms with Crippen molar-refractivity contribution in [2.24, 2.45) is 0 Å².